The summed E-state index contributed by atoms with van der Waals surface area (Å²) < 4.78 is 1.77. The average molecular weight is 317 g/mol. The maximum atomic E-state index is 12.7. The molecule has 116 valence electrons. The van der Waals surface area contributed by atoms with E-state index in [0.717, 1.165) is 12.8 Å². The van der Waals surface area contributed by atoms with Gasteiger partial charge in [0.05, 0.1) is 16.2 Å². The molecule has 5 nitrogen and oxygen atoms in total. The molecule has 1 aliphatic carbocycles. The van der Waals surface area contributed by atoms with Crippen molar-refractivity contribution < 1.29 is 4.79 Å². The molecule has 0 bridgehead atoms. The second-order valence-corrected chi connectivity index (χ2v) is 6.78. The molecular weight excluding hydrogens is 298 g/mol. The zero-order valence-electron chi connectivity index (χ0n) is 12.7. The largest absolute Gasteiger partial charge is 0.355 e. The molecule has 0 spiro atoms. The van der Waals surface area contributed by atoms with Gasteiger partial charge in [0.2, 0.25) is 5.91 Å². The van der Waals surface area contributed by atoms with Gasteiger partial charge in [0.15, 0.2) is 5.16 Å². The first-order valence-electron chi connectivity index (χ1n) is 7.57. The molecule has 1 atom stereocenters. The molecule has 1 saturated carbocycles. The maximum Gasteiger partial charge on any atom is 0.262 e. The lowest BCUT2D eigenvalue weighted by Crippen LogP contribution is -2.31. The summed E-state index contributed by atoms with van der Waals surface area (Å²) >= 11 is 1.36. The van der Waals surface area contributed by atoms with Gasteiger partial charge in [-0.15, -0.1) is 0 Å². The van der Waals surface area contributed by atoms with E-state index in [4.69, 9.17) is 0 Å². The predicted molar refractivity (Wildman–Crippen MR) is 88.3 cm³/mol. The first-order chi connectivity index (χ1) is 10.6. The zero-order valence-corrected chi connectivity index (χ0v) is 13.5. The number of carbonyl (C=O) groups excluding carboxylic acids is 1. The van der Waals surface area contributed by atoms with Crippen LogP contribution in [0.15, 0.2) is 34.2 Å². The number of amides is 1. The highest BCUT2D eigenvalue weighted by Crippen LogP contribution is 2.37. The van der Waals surface area contributed by atoms with Crippen molar-refractivity contribution in [3.05, 3.63) is 34.6 Å². The monoisotopic (exact) mass is 317 g/mol. The van der Waals surface area contributed by atoms with E-state index in [-0.39, 0.29) is 22.8 Å². The Balaban J connectivity index is 2.02. The van der Waals surface area contributed by atoms with Gasteiger partial charge in [0.1, 0.15) is 0 Å². The summed E-state index contributed by atoms with van der Waals surface area (Å²) in [5.41, 5.74) is 0.689. The van der Waals surface area contributed by atoms with Crippen molar-refractivity contribution in [2.24, 2.45) is 0 Å². The fourth-order valence-electron chi connectivity index (χ4n) is 2.39. The van der Waals surface area contributed by atoms with E-state index in [9.17, 15) is 9.59 Å². The molecule has 2 aromatic rings. The molecule has 0 aliphatic heterocycles. The Bertz CT molecular complexity index is 768. The standard InChI is InChI=1S/C16H19N3O2S/c1-3-17-14(20)10(2)22-16-18-13-7-5-4-6-12(13)15(21)19(16)11-8-9-11/h4-7,10-11H,3,8-9H2,1-2H3,(H,17,20)/t10-/m0/s1. The van der Waals surface area contributed by atoms with Gasteiger partial charge < -0.3 is 5.32 Å². The van der Waals surface area contributed by atoms with E-state index in [0.29, 0.717) is 22.6 Å². The van der Waals surface area contributed by atoms with Crippen molar-refractivity contribution in [3.63, 3.8) is 0 Å². The van der Waals surface area contributed by atoms with Crippen molar-refractivity contribution in [2.45, 2.75) is 43.1 Å². The van der Waals surface area contributed by atoms with Crippen LogP contribution in [-0.4, -0.2) is 27.3 Å². The van der Waals surface area contributed by atoms with Crippen LogP contribution in [0, 0.1) is 0 Å². The highest BCUT2D eigenvalue weighted by Gasteiger charge is 2.29. The summed E-state index contributed by atoms with van der Waals surface area (Å²) in [6.45, 7) is 4.34. The maximum absolute atomic E-state index is 12.7. The van der Waals surface area contributed by atoms with Gasteiger partial charge in [-0.3, -0.25) is 14.2 Å². The number of nitrogens with one attached hydrogen (secondary N) is 1. The summed E-state index contributed by atoms with van der Waals surface area (Å²) in [5.74, 6) is -0.0303. The third kappa shape index (κ3) is 2.88. The number of thioether (sulfide) groups is 1. The summed E-state index contributed by atoms with van der Waals surface area (Å²) in [4.78, 5) is 29.3. The molecule has 1 amide bonds. The van der Waals surface area contributed by atoms with E-state index in [2.05, 4.69) is 10.3 Å². The topological polar surface area (TPSA) is 64.0 Å². The molecule has 0 radical (unpaired) electrons. The number of hydrogen-bond acceptors (Lipinski definition) is 4. The molecule has 1 aromatic heterocycles. The van der Waals surface area contributed by atoms with Gasteiger partial charge in [-0.2, -0.15) is 0 Å². The Labute approximate surface area is 133 Å². The highest BCUT2D eigenvalue weighted by molar-refractivity contribution is 8.00. The Morgan fingerprint density at radius 3 is 2.86 bits per heavy atom. The van der Waals surface area contributed by atoms with Gasteiger partial charge in [-0.05, 0) is 38.8 Å². The molecule has 0 unspecified atom stereocenters. The first-order valence-corrected chi connectivity index (χ1v) is 8.45. The van der Waals surface area contributed by atoms with E-state index in [1.54, 1.807) is 4.57 Å². The highest BCUT2D eigenvalue weighted by atomic mass is 32.2. The second kappa shape index (κ2) is 6.12. The van der Waals surface area contributed by atoms with Gasteiger partial charge in [0, 0.05) is 12.6 Å². The number of hydrogen-bond donors (Lipinski definition) is 1. The van der Waals surface area contributed by atoms with Crippen LogP contribution in [-0.2, 0) is 4.79 Å². The smallest absolute Gasteiger partial charge is 0.262 e. The van der Waals surface area contributed by atoms with Crippen molar-refractivity contribution in [3.8, 4) is 0 Å². The summed E-state index contributed by atoms with van der Waals surface area (Å²) in [6.07, 6.45) is 2.01. The number of para-hydroxylation sites is 1. The Hall–Kier alpha value is -1.82. The molecule has 6 heteroatoms. The van der Waals surface area contributed by atoms with Crippen LogP contribution in [0.3, 0.4) is 0 Å². The number of benzene rings is 1. The van der Waals surface area contributed by atoms with Gasteiger partial charge in [-0.25, -0.2) is 4.98 Å². The number of carbonyl (C=O) groups is 1. The van der Waals surface area contributed by atoms with Gasteiger partial charge in [-0.1, -0.05) is 23.9 Å². The van der Waals surface area contributed by atoms with Gasteiger partial charge in [0.25, 0.3) is 5.56 Å². The zero-order chi connectivity index (χ0) is 15.7. The van der Waals surface area contributed by atoms with Crippen molar-refractivity contribution in [1.29, 1.82) is 0 Å². The first kappa shape index (κ1) is 15.1. The molecule has 22 heavy (non-hydrogen) atoms. The van der Waals surface area contributed by atoms with Crippen LogP contribution in [0.1, 0.15) is 32.7 Å². The number of rotatable bonds is 5. The van der Waals surface area contributed by atoms with Crippen molar-refractivity contribution >= 4 is 28.6 Å². The minimum absolute atomic E-state index is 0.00120. The fraction of sp³-hybridized carbons (Fsp3) is 0.438. The van der Waals surface area contributed by atoms with Crippen LogP contribution in [0.5, 0.6) is 0 Å². The normalized spacial score (nSPS) is 15.7. The van der Waals surface area contributed by atoms with E-state index < -0.39 is 0 Å². The molecule has 3 rings (SSSR count). The average Bonchev–Trinajstić information content (AvgIpc) is 3.32. The third-order valence-electron chi connectivity index (χ3n) is 3.69. The lowest BCUT2D eigenvalue weighted by atomic mass is 10.2. The molecular formula is C16H19N3O2S. The minimum Gasteiger partial charge on any atom is -0.355 e. The molecule has 1 fully saturated rings. The Morgan fingerprint density at radius 1 is 1.45 bits per heavy atom. The van der Waals surface area contributed by atoms with Crippen LogP contribution >= 0.6 is 11.8 Å². The SMILES string of the molecule is CCNC(=O)[C@H](C)Sc1nc2ccccc2c(=O)n1C1CC1. The van der Waals surface area contributed by atoms with E-state index >= 15 is 0 Å². The fourth-order valence-corrected chi connectivity index (χ4v) is 3.40. The summed E-state index contributed by atoms with van der Waals surface area (Å²) in [6, 6.07) is 7.61. The number of nitrogens with zero attached hydrogens (tertiary/aromatic N) is 2. The molecule has 1 aromatic carbocycles. The van der Waals surface area contributed by atoms with Crippen LogP contribution < -0.4 is 10.9 Å². The Kier molecular flexibility index (Phi) is 4.20. The van der Waals surface area contributed by atoms with Crippen LogP contribution in [0.4, 0.5) is 0 Å². The molecule has 1 N–H and O–H groups in total. The number of aromatic nitrogens is 2. The Morgan fingerprint density at radius 2 is 2.18 bits per heavy atom. The lowest BCUT2D eigenvalue weighted by molar-refractivity contribution is -0.120. The predicted octanol–water partition coefficient (Wildman–Crippen LogP) is 2.35. The minimum atomic E-state index is -0.280. The van der Waals surface area contributed by atoms with E-state index in [1.165, 1.54) is 11.8 Å². The third-order valence-corrected chi connectivity index (χ3v) is 4.76. The van der Waals surface area contributed by atoms with Crippen LogP contribution in [0.25, 0.3) is 10.9 Å². The van der Waals surface area contributed by atoms with Crippen molar-refractivity contribution in [1.82, 2.24) is 14.9 Å². The second-order valence-electron chi connectivity index (χ2n) is 5.47. The van der Waals surface area contributed by atoms with Crippen LogP contribution in [0.2, 0.25) is 0 Å². The van der Waals surface area contributed by atoms with Crippen molar-refractivity contribution in [2.75, 3.05) is 6.54 Å². The molecule has 1 aliphatic rings. The molecule has 0 saturated heterocycles. The summed E-state index contributed by atoms with van der Waals surface area (Å²) in [5, 5.41) is 3.81. The number of fused-ring (bicyclic) bond motifs is 1. The molecule has 1 heterocycles. The quantitative estimate of drug-likeness (QED) is 0.679. The lowest BCUT2D eigenvalue weighted by Gasteiger charge is -2.15. The summed E-state index contributed by atoms with van der Waals surface area (Å²) in [7, 11) is 0. The van der Waals surface area contributed by atoms with E-state index in [1.807, 2.05) is 38.1 Å². The van der Waals surface area contributed by atoms with Gasteiger partial charge >= 0.3 is 0 Å².